The van der Waals surface area contributed by atoms with Gasteiger partial charge in [-0.1, -0.05) is 0 Å². The molecule has 1 aliphatic rings. The van der Waals surface area contributed by atoms with E-state index in [0.29, 0.717) is 25.5 Å². The summed E-state index contributed by atoms with van der Waals surface area (Å²) in [5.41, 5.74) is -0.391. The number of rotatable bonds is 7. The molecular formula is C19H20ClF2N5O3. The van der Waals surface area contributed by atoms with Crippen LogP contribution < -0.4 is 5.32 Å². The summed E-state index contributed by atoms with van der Waals surface area (Å²) >= 11 is 5.27. The van der Waals surface area contributed by atoms with Crippen LogP contribution in [-0.4, -0.2) is 64.8 Å². The van der Waals surface area contributed by atoms with Gasteiger partial charge in [0.05, 0.1) is 19.5 Å². The van der Waals surface area contributed by atoms with Gasteiger partial charge in [-0.3, -0.25) is 9.69 Å². The van der Waals surface area contributed by atoms with E-state index < -0.39 is 17.0 Å². The van der Waals surface area contributed by atoms with Crippen LogP contribution in [0.4, 0.5) is 8.78 Å². The molecule has 1 saturated heterocycles. The summed E-state index contributed by atoms with van der Waals surface area (Å²) in [6, 6.07) is 5.64. The highest BCUT2D eigenvalue weighted by atomic mass is 35.5. The van der Waals surface area contributed by atoms with Crippen molar-refractivity contribution in [1.29, 1.82) is 0 Å². The van der Waals surface area contributed by atoms with Crippen LogP contribution in [0.2, 0.25) is 0 Å². The monoisotopic (exact) mass is 439 g/mol. The molecule has 1 amide bonds. The molecule has 1 N–H and O–H groups in total. The quantitative estimate of drug-likeness (QED) is 0.450. The summed E-state index contributed by atoms with van der Waals surface area (Å²) in [5.74, 6) is -0.166. The minimum atomic E-state index is -3.71. The molecule has 1 aliphatic heterocycles. The Hall–Kier alpha value is -2.56. The molecule has 4 heterocycles. The second kappa shape index (κ2) is 8.66. The lowest BCUT2D eigenvalue weighted by Gasteiger charge is -2.26. The van der Waals surface area contributed by atoms with Crippen LogP contribution in [0, 0.1) is 0 Å². The van der Waals surface area contributed by atoms with E-state index in [1.807, 2.05) is 0 Å². The van der Waals surface area contributed by atoms with Crippen LogP contribution in [0.3, 0.4) is 0 Å². The maximum atomic E-state index is 14.0. The van der Waals surface area contributed by atoms with Gasteiger partial charge in [0.1, 0.15) is 11.4 Å². The second-order valence-corrected chi connectivity index (χ2v) is 7.34. The van der Waals surface area contributed by atoms with Gasteiger partial charge in [0.2, 0.25) is 0 Å². The zero-order chi connectivity index (χ0) is 21.1. The van der Waals surface area contributed by atoms with Crippen molar-refractivity contribution in [3.63, 3.8) is 0 Å². The lowest BCUT2D eigenvalue weighted by atomic mass is 10.2. The largest absolute Gasteiger partial charge is 0.463 e. The van der Waals surface area contributed by atoms with Crippen molar-refractivity contribution in [2.75, 3.05) is 39.4 Å². The third kappa shape index (κ3) is 4.61. The van der Waals surface area contributed by atoms with Gasteiger partial charge in [0.25, 0.3) is 5.91 Å². The molecule has 0 atom stereocenters. The van der Waals surface area contributed by atoms with E-state index in [4.69, 9.17) is 20.8 Å². The molecule has 3 aromatic rings. The van der Waals surface area contributed by atoms with Crippen LogP contribution in [0.1, 0.15) is 22.6 Å². The highest BCUT2D eigenvalue weighted by Crippen LogP contribution is 2.34. The molecule has 0 saturated carbocycles. The number of halogens is 3. The van der Waals surface area contributed by atoms with Gasteiger partial charge in [-0.05, 0) is 42.8 Å². The van der Waals surface area contributed by atoms with Crippen molar-refractivity contribution in [3.05, 3.63) is 41.9 Å². The molecule has 1 fully saturated rings. The minimum absolute atomic E-state index is 0.0207. The molecule has 8 nitrogen and oxygen atoms in total. The van der Waals surface area contributed by atoms with E-state index >= 15 is 0 Å². The van der Waals surface area contributed by atoms with E-state index in [-0.39, 0.29) is 17.0 Å². The van der Waals surface area contributed by atoms with E-state index in [0.717, 1.165) is 36.6 Å². The van der Waals surface area contributed by atoms with Crippen LogP contribution >= 0.6 is 11.6 Å². The summed E-state index contributed by atoms with van der Waals surface area (Å²) in [6.45, 7) is 4.46. The highest BCUT2D eigenvalue weighted by molar-refractivity contribution is 6.21. The Balaban J connectivity index is 1.49. The van der Waals surface area contributed by atoms with Crippen molar-refractivity contribution in [2.24, 2.45) is 0 Å². The van der Waals surface area contributed by atoms with Gasteiger partial charge < -0.3 is 14.5 Å². The minimum Gasteiger partial charge on any atom is -0.463 e. The first-order valence-electron chi connectivity index (χ1n) is 9.52. The molecule has 4 rings (SSSR count). The lowest BCUT2D eigenvalue weighted by molar-refractivity contribution is 0.0374. The van der Waals surface area contributed by atoms with Crippen LogP contribution in [0.25, 0.3) is 17.1 Å². The number of hydrogen-bond acceptors (Lipinski definition) is 6. The molecule has 0 aromatic carbocycles. The summed E-state index contributed by atoms with van der Waals surface area (Å²) in [6.07, 6.45) is 2.16. The van der Waals surface area contributed by atoms with Gasteiger partial charge in [-0.2, -0.15) is 13.9 Å². The first-order chi connectivity index (χ1) is 14.4. The summed E-state index contributed by atoms with van der Waals surface area (Å²) in [5, 5.41) is 3.04. The van der Waals surface area contributed by atoms with Crippen molar-refractivity contribution in [1.82, 2.24) is 24.8 Å². The Morgan fingerprint density at radius 1 is 1.30 bits per heavy atom. The average Bonchev–Trinajstić information content (AvgIpc) is 3.40. The SMILES string of the molecule is O=C(NCCCN1CCOCC1)c1cc2nc(-c3ccco3)cc(C(F)(F)Cl)n2n1. The van der Waals surface area contributed by atoms with Crippen LogP contribution in [0.5, 0.6) is 0 Å². The molecule has 3 aromatic heterocycles. The smallest absolute Gasteiger partial charge is 0.364 e. The Labute approximate surface area is 175 Å². The maximum Gasteiger partial charge on any atom is 0.364 e. The number of carbonyl (C=O) groups is 1. The number of morpholine rings is 1. The summed E-state index contributed by atoms with van der Waals surface area (Å²) in [7, 11) is 0. The van der Waals surface area contributed by atoms with Crippen molar-refractivity contribution < 1.29 is 22.7 Å². The average molecular weight is 440 g/mol. The predicted molar refractivity (Wildman–Crippen MR) is 105 cm³/mol. The normalized spacial score (nSPS) is 15.6. The number of furan rings is 1. The lowest BCUT2D eigenvalue weighted by Crippen LogP contribution is -2.38. The summed E-state index contributed by atoms with van der Waals surface area (Å²) < 4.78 is 39.4. The van der Waals surface area contributed by atoms with Gasteiger partial charge in [-0.15, -0.1) is 0 Å². The highest BCUT2D eigenvalue weighted by Gasteiger charge is 2.33. The molecule has 160 valence electrons. The zero-order valence-corrected chi connectivity index (χ0v) is 16.7. The van der Waals surface area contributed by atoms with E-state index in [2.05, 4.69) is 20.3 Å². The topological polar surface area (TPSA) is 84.9 Å². The van der Waals surface area contributed by atoms with Gasteiger partial charge in [-0.25, -0.2) is 9.50 Å². The fourth-order valence-corrected chi connectivity index (χ4v) is 3.39. The predicted octanol–water partition coefficient (Wildman–Crippen LogP) is 2.73. The number of nitrogens with one attached hydrogen (secondary N) is 1. The van der Waals surface area contributed by atoms with Crippen molar-refractivity contribution in [2.45, 2.75) is 11.8 Å². The number of carbonyl (C=O) groups excluding carboxylic acids is 1. The van der Waals surface area contributed by atoms with Gasteiger partial charge in [0, 0.05) is 25.7 Å². The van der Waals surface area contributed by atoms with Crippen LogP contribution in [0.15, 0.2) is 34.9 Å². The first-order valence-corrected chi connectivity index (χ1v) is 9.90. The Bertz CT molecular complexity index is 1010. The fourth-order valence-electron chi connectivity index (χ4n) is 3.26. The van der Waals surface area contributed by atoms with E-state index in [9.17, 15) is 13.6 Å². The van der Waals surface area contributed by atoms with Crippen molar-refractivity contribution >= 4 is 23.2 Å². The Morgan fingerprint density at radius 3 is 2.80 bits per heavy atom. The number of hydrogen-bond donors (Lipinski definition) is 1. The molecule has 0 radical (unpaired) electrons. The number of fused-ring (bicyclic) bond motifs is 1. The maximum absolute atomic E-state index is 14.0. The van der Waals surface area contributed by atoms with Crippen molar-refractivity contribution in [3.8, 4) is 11.5 Å². The molecule has 0 aliphatic carbocycles. The first kappa shape index (κ1) is 20.7. The van der Waals surface area contributed by atoms with E-state index in [1.165, 1.54) is 12.3 Å². The third-order valence-electron chi connectivity index (χ3n) is 4.76. The third-order valence-corrected chi connectivity index (χ3v) is 4.96. The molecular weight excluding hydrogens is 420 g/mol. The number of amides is 1. The molecule has 0 bridgehead atoms. The molecule has 0 spiro atoms. The van der Waals surface area contributed by atoms with Gasteiger partial charge in [0.15, 0.2) is 17.1 Å². The fraction of sp³-hybridized carbons (Fsp3) is 0.421. The summed E-state index contributed by atoms with van der Waals surface area (Å²) in [4.78, 5) is 19.0. The Morgan fingerprint density at radius 2 is 2.10 bits per heavy atom. The Kier molecular flexibility index (Phi) is 5.98. The number of aromatic nitrogens is 3. The number of alkyl halides is 3. The van der Waals surface area contributed by atoms with Crippen LogP contribution in [-0.2, 0) is 10.1 Å². The zero-order valence-electron chi connectivity index (χ0n) is 16.0. The second-order valence-electron chi connectivity index (χ2n) is 6.86. The number of nitrogens with zero attached hydrogens (tertiary/aromatic N) is 4. The standard InChI is InChI=1S/C19H20ClF2N5O3/c20-19(21,22)16-11-13(15-3-1-8-30-15)24-17-12-14(25-27(16)17)18(28)23-4-2-5-26-6-9-29-10-7-26/h1,3,8,11-12H,2,4-7,9-10H2,(H,23,28). The van der Waals surface area contributed by atoms with E-state index in [1.54, 1.807) is 12.1 Å². The molecule has 11 heteroatoms. The molecule has 0 unspecified atom stereocenters. The number of ether oxygens (including phenoxy) is 1. The molecule has 30 heavy (non-hydrogen) atoms. The van der Waals surface area contributed by atoms with Gasteiger partial charge >= 0.3 is 5.38 Å².